The zero-order valence-corrected chi connectivity index (χ0v) is 24.9. The number of hydrogen-bond acceptors (Lipinski definition) is 7. The van der Waals surface area contributed by atoms with Crippen LogP contribution in [0.2, 0.25) is 20.4 Å². The van der Waals surface area contributed by atoms with Crippen LogP contribution in [0.1, 0.15) is 18.4 Å². The molecule has 0 amide bonds. The number of nitrogens with zero attached hydrogens (tertiary/aromatic N) is 2. The van der Waals surface area contributed by atoms with Crippen LogP contribution in [0.4, 0.5) is 0 Å². The second kappa shape index (κ2) is 12.8. The highest BCUT2D eigenvalue weighted by Crippen LogP contribution is 2.31. The maximum absolute atomic E-state index is 13.0. The molecule has 1 fully saturated rings. The summed E-state index contributed by atoms with van der Waals surface area (Å²) in [7, 11) is -2.46. The third kappa shape index (κ3) is 7.11. The lowest BCUT2D eigenvalue weighted by Gasteiger charge is -2.36. The largest absolute Gasteiger partial charge is 0.381 e. The number of hydrogen-bond donors (Lipinski definition) is 1. The van der Waals surface area contributed by atoms with E-state index in [9.17, 15) is 8.42 Å². The van der Waals surface area contributed by atoms with E-state index in [0.29, 0.717) is 52.0 Å². The Morgan fingerprint density at radius 1 is 0.897 bits per heavy atom. The molecule has 0 radical (unpaired) electrons. The van der Waals surface area contributed by atoms with E-state index >= 15 is 0 Å². The second-order valence-electron chi connectivity index (χ2n) is 8.98. The van der Waals surface area contributed by atoms with Crippen LogP contribution in [-0.2, 0) is 24.5 Å². The van der Waals surface area contributed by atoms with Gasteiger partial charge in [-0.2, -0.15) is 0 Å². The Morgan fingerprint density at radius 3 is 2.05 bits per heavy atom. The molecular weight excluding hydrogens is 608 g/mol. The Kier molecular flexibility index (Phi) is 9.91. The fourth-order valence-electron chi connectivity index (χ4n) is 4.17. The standard InChI is InChI=1S/C16H18Cl2N2O5S.C10H7Cl2N/c1-23-25-10-16(4-6-24-7-5-16)20-26(21,22)11-2-3-12-13(8-11)15(18)19-9-14(12)17;1-6-2-3-7-8(4-6)10(12)13-5-9(7)11/h2-3,8-9,20H,4-7,10H2,1H3;2-5H,1H3. The molecule has 0 atom stereocenters. The Balaban J connectivity index is 0.000000226. The summed E-state index contributed by atoms with van der Waals surface area (Å²) in [6.07, 6.45) is 3.94. The lowest BCUT2D eigenvalue weighted by Crippen LogP contribution is -2.54. The van der Waals surface area contributed by atoms with Gasteiger partial charge < -0.3 is 4.74 Å². The summed E-state index contributed by atoms with van der Waals surface area (Å²) < 4.78 is 34.0. The third-order valence-corrected chi connectivity index (χ3v) is 9.05. The molecule has 1 aliphatic rings. The molecule has 1 aliphatic heterocycles. The first kappa shape index (κ1) is 30.2. The lowest BCUT2D eigenvalue weighted by atomic mass is 9.93. The van der Waals surface area contributed by atoms with Crippen molar-refractivity contribution in [2.24, 2.45) is 0 Å². The van der Waals surface area contributed by atoms with Gasteiger partial charge in [-0.15, -0.1) is 0 Å². The number of aryl methyl sites for hydroxylation is 1. The molecule has 8 nitrogen and oxygen atoms in total. The number of sulfonamides is 1. The zero-order valence-electron chi connectivity index (χ0n) is 21.0. The van der Waals surface area contributed by atoms with Gasteiger partial charge in [0, 0.05) is 47.2 Å². The van der Waals surface area contributed by atoms with Gasteiger partial charge in [0.1, 0.15) is 16.9 Å². The van der Waals surface area contributed by atoms with Crippen LogP contribution in [0, 0.1) is 6.92 Å². The van der Waals surface area contributed by atoms with E-state index in [1.807, 2.05) is 25.1 Å². The van der Waals surface area contributed by atoms with Gasteiger partial charge in [0.25, 0.3) is 0 Å². The van der Waals surface area contributed by atoms with Crippen molar-refractivity contribution in [1.82, 2.24) is 14.7 Å². The summed E-state index contributed by atoms with van der Waals surface area (Å²) >= 11 is 24.1. The van der Waals surface area contributed by atoms with Crippen molar-refractivity contribution in [3.8, 4) is 0 Å². The van der Waals surface area contributed by atoms with Crippen molar-refractivity contribution in [1.29, 1.82) is 0 Å². The van der Waals surface area contributed by atoms with Crippen LogP contribution in [0.3, 0.4) is 0 Å². The molecule has 0 aliphatic carbocycles. The number of fused-ring (bicyclic) bond motifs is 2. The van der Waals surface area contributed by atoms with Gasteiger partial charge in [-0.3, -0.25) is 0 Å². The van der Waals surface area contributed by atoms with E-state index in [4.69, 9.17) is 56.0 Å². The molecule has 208 valence electrons. The van der Waals surface area contributed by atoms with Crippen LogP contribution in [0.15, 0.2) is 53.7 Å². The van der Waals surface area contributed by atoms with Gasteiger partial charge in [0.15, 0.2) is 0 Å². The van der Waals surface area contributed by atoms with Crippen LogP contribution in [-0.4, -0.2) is 50.9 Å². The molecule has 2 aromatic heterocycles. The highest BCUT2D eigenvalue weighted by atomic mass is 35.5. The number of ether oxygens (including phenoxy) is 1. The van der Waals surface area contributed by atoms with Crippen LogP contribution in [0.25, 0.3) is 21.5 Å². The van der Waals surface area contributed by atoms with E-state index in [2.05, 4.69) is 19.6 Å². The first-order valence-electron chi connectivity index (χ1n) is 11.8. The molecule has 0 unspecified atom stereocenters. The number of rotatable bonds is 6. The summed E-state index contributed by atoms with van der Waals surface area (Å²) in [5.41, 5.74) is 0.344. The average molecular weight is 633 g/mol. The summed E-state index contributed by atoms with van der Waals surface area (Å²) in [6, 6.07) is 10.5. The monoisotopic (exact) mass is 631 g/mol. The fraction of sp³-hybridized carbons (Fsp3) is 0.308. The molecule has 13 heteroatoms. The molecule has 1 saturated heterocycles. The summed E-state index contributed by atoms with van der Waals surface area (Å²) in [5.74, 6) is 0. The van der Waals surface area contributed by atoms with Gasteiger partial charge in [-0.1, -0.05) is 70.2 Å². The van der Waals surface area contributed by atoms with E-state index in [0.717, 1.165) is 16.3 Å². The predicted molar refractivity (Wildman–Crippen MR) is 154 cm³/mol. The van der Waals surface area contributed by atoms with Crippen molar-refractivity contribution in [3.63, 3.8) is 0 Å². The van der Waals surface area contributed by atoms with E-state index in [1.165, 1.54) is 25.4 Å². The lowest BCUT2D eigenvalue weighted by molar-refractivity contribution is -0.285. The number of aromatic nitrogens is 2. The number of pyridine rings is 2. The minimum atomic E-state index is -3.84. The maximum atomic E-state index is 13.0. The predicted octanol–water partition coefficient (Wildman–Crippen LogP) is 6.80. The topological polar surface area (TPSA) is 99.6 Å². The SMILES string of the molecule is COOCC1(NS(=O)(=O)c2ccc3c(Cl)cnc(Cl)c3c2)CCOCC1.Cc1ccc2c(Cl)cnc(Cl)c2c1. The molecule has 2 aromatic carbocycles. The van der Waals surface area contributed by atoms with Gasteiger partial charge in [-0.25, -0.2) is 32.9 Å². The Bertz CT molecular complexity index is 1600. The second-order valence-corrected chi connectivity index (χ2v) is 12.2. The van der Waals surface area contributed by atoms with Crippen LogP contribution < -0.4 is 4.72 Å². The summed E-state index contributed by atoms with van der Waals surface area (Å²) in [4.78, 5) is 17.7. The van der Waals surface area contributed by atoms with Gasteiger partial charge >= 0.3 is 0 Å². The first-order valence-corrected chi connectivity index (χ1v) is 14.8. The van der Waals surface area contributed by atoms with Gasteiger partial charge in [0.05, 0.1) is 27.6 Å². The molecule has 1 N–H and O–H groups in total. The Hall–Kier alpha value is -1.79. The van der Waals surface area contributed by atoms with E-state index < -0.39 is 15.6 Å². The third-order valence-electron chi connectivity index (χ3n) is 6.27. The van der Waals surface area contributed by atoms with Gasteiger partial charge in [0.2, 0.25) is 10.0 Å². The summed E-state index contributed by atoms with van der Waals surface area (Å²) in [5, 5.41) is 4.69. The minimum Gasteiger partial charge on any atom is -0.381 e. The normalized spacial score (nSPS) is 15.2. The number of nitrogens with one attached hydrogen (secondary N) is 1. The molecule has 3 heterocycles. The summed E-state index contributed by atoms with van der Waals surface area (Å²) in [6.45, 7) is 2.95. The fourth-order valence-corrected chi connectivity index (χ4v) is 6.47. The van der Waals surface area contributed by atoms with Crippen LogP contribution in [0.5, 0.6) is 0 Å². The van der Waals surface area contributed by atoms with Crippen molar-refractivity contribution in [3.05, 3.63) is 74.7 Å². The molecule has 5 rings (SSSR count). The molecule has 0 saturated carbocycles. The molecular formula is C26H25Cl4N3O5S. The smallest absolute Gasteiger partial charge is 0.241 e. The number of halogens is 4. The van der Waals surface area contributed by atoms with E-state index in [-0.39, 0.29) is 16.7 Å². The zero-order chi connectivity index (χ0) is 28.2. The highest BCUT2D eigenvalue weighted by molar-refractivity contribution is 7.89. The molecule has 0 spiro atoms. The van der Waals surface area contributed by atoms with Crippen LogP contribution >= 0.6 is 46.4 Å². The average Bonchev–Trinajstić information content (AvgIpc) is 2.92. The molecule has 0 bridgehead atoms. The highest BCUT2D eigenvalue weighted by Gasteiger charge is 2.38. The minimum absolute atomic E-state index is 0.0688. The first-order chi connectivity index (χ1) is 18.5. The molecule has 39 heavy (non-hydrogen) atoms. The Morgan fingerprint density at radius 2 is 1.46 bits per heavy atom. The van der Waals surface area contributed by atoms with E-state index in [1.54, 1.807) is 12.3 Å². The van der Waals surface area contributed by atoms with Crippen molar-refractivity contribution in [2.45, 2.75) is 30.2 Å². The molecule has 4 aromatic rings. The van der Waals surface area contributed by atoms with Crippen molar-refractivity contribution >= 4 is 78.0 Å². The maximum Gasteiger partial charge on any atom is 0.241 e. The Labute approximate surface area is 246 Å². The number of benzene rings is 2. The quantitative estimate of drug-likeness (QED) is 0.142. The van der Waals surface area contributed by atoms with Crippen molar-refractivity contribution < 1.29 is 22.9 Å². The van der Waals surface area contributed by atoms with Gasteiger partial charge in [-0.05, 0) is 38.0 Å². The van der Waals surface area contributed by atoms with Crippen molar-refractivity contribution in [2.75, 3.05) is 26.9 Å².